The standard InChI is InChI=1S/C9H16O3/c1-9(2)4-6(8(11)12)3-7(10)5-9/h6-7,10H,3-5H2,1-2H3,(H,11,12). The zero-order valence-corrected chi connectivity index (χ0v) is 7.58. The summed E-state index contributed by atoms with van der Waals surface area (Å²) < 4.78 is 0. The molecule has 0 aromatic heterocycles. The van der Waals surface area contributed by atoms with Crippen LogP contribution < -0.4 is 0 Å². The van der Waals surface area contributed by atoms with E-state index in [1.54, 1.807) is 0 Å². The molecule has 0 aliphatic heterocycles. The molecule has 0 spiro atoms. The summed E-state index contributed by atoms with van der Waals surface area (Å²) in [5.41, 5.74) is -0.0271. The summed E-state index contributed by atoms with van der Waals surface area (Å²) in [4.78, 5) is 10.7. The van der Waals surface area contributed by atoms with Gasteiger partial charge < -0.3 is 10.2 Å². The lowest BCUT2D eigenvalue weighted by atomic mass is 9.71. The highest BCUT2D eigenvalue weighted by Gasteiger charge is 2.36. The Hall–Kier alpha value is -0.570. The van der Waals surface area contributed by atoms with Crippen molar-refractivity contribution < 1.29 is 15.0 Å². The summed E-state index contributed by atoms with van der Waals surface area (Å²) in [5.74, 6) is -1.13. The average Bonchev–Trinajstić information content (AvgIpc) is 1.82. The highest BCUT2D eigenvalue weighted by atomic mass is 16.4. The zero-order valence-electron chi connectivity index (χ0n) is 7.58. The summed E-state index contributed by atoms with van der Waals surface area (Å²) in [6, 6.07) is 0. The lowest BCUT2D eigenvalue weighted by molar-refractivity contribution is -0.146. The maximum Gasteiger partial charge on any atom is 0.306 e. The number of carbonyl (C=O) groups is 1. The number of rotatable bonds is 1. The largest absolute Gasteiger partial charge is 0.481 e. The molecule has 0 bridgehead atoms. The summed E-state index contributed by atoms with van der Waals surface area (Å²) in [6.45, 7) is 4.01. The Morgan fingerprint density at radius 2 is 2.00 bits per heavy atom. The minimum absolute atomic E-state index is 0.0271. The molecule has 1 aliphatic carbocycles. The van der Waals surface area contributed by atoms with Crippen molar-refractivity contribution >= 4 is 5.97 Å². The molecule has 2 unspecified atom stereocenters. The maximum atomic E-state index is 10.7. The molecule has 0 heterocycles. The first-order valence-electron chi connectivity index (χ1n) is 4.31. The van der Waals surface area contributed by atoms with E-state index in [9.17, 15) is 9.90 Å². The molecule has 3 nitrogen and oxygen atoms in total. The Balaban J connectivity index is 2.64. The summed E-state index contributed by atoms with van der Waals surface area (Å²) in [5, 5.41) is 18.2. The second-order valence-corrected chi connectivity index (χ2v) is 4.50. The average molecular weight is 172 g/mol. The van der Waals surface area contributed by atoms with Crippen molar-refractivity contribution in [3.05, 3.63) is 0 Å². The van der Waals surface area contributed by atoms with Crippen LogP contribution in [0.25, 0.3) is 0 Å². The van der Waals surface area contributed by atoms with E-state index in [1.165, 1.54) is 0 Å². The SMILES string of the molecule is CC1(C)CC(O)CC(C(=O)O)C1. The van der Waals surface area contributed by atoms with Gasteiger partial charge in [-0.1, -0.05) is 13.8 Å². The Bertz CT molecular complexity index is 186. The van der Waals surface area contributed by atoms with E-state index in [0.717, 1.165) is 6.42 Å². The van der Waals surface area contributed by atoms with Crippen LogP contribution in [0.3, 0.4) is 0 Å². The van der Waals surface area contributed by atoms with Crippen LogP contribution in [0.2, 0.25) is 0 Å². The molecular formula is C9H16O3. The van der Waals surface area contributed by atoms with E-state index in [4.69, 9.17) is 5.11 Å². The highest BCUT2D eigenvalue weighted by molar-refractivity contribution is 5.70. The molecule has 1 rings (SSSR count). The van der Waals surface area contributed by atoms with Crippen molar-refractivity contribution in [3.8, 4) is 0 Å². The quantitative estimate of drug-likeness (QED) is 0.626. The van der Waals surface area contributed by atoms with Crippen LogP contribution in [-0.2, 0) is 4.79 Å². The first kappa shape index (κ1) is 9.52. The van der Waals surface area contributed by atoms with Crippen LogP contribution in [0, 0.1) is 11.3 Å². The van der Waals surface area contributed by atoms with Gasteiger partial charge in [0.05, 0.1) is 12.0 Å². The third-order valence-corrected chi connectivity index (χ3v) is 2.49. The molecule has 3 heteroatoms. The molecule has 1 fully saturated rings. The van der Waals surface area contributed by atoms with Gasteiger partial charge in [-0.15, -0.1) is 0 Å². The van der Waals surface area contributed by atoms with Gasteiger partial charge in [-0.3, -0.25) is 4.79 Å². The molecule has 70 valence electrons. The summed E-state index contributed by atoms with van der Waals surface area (Å²) in [6.07, 6.45) is 1.38. The van der Waals surface area contributed by atoms with Crippen LogP contribution >= 0.6 is 0 Å². The van der Waals surface area contributed by atoms with Crippen LogP contribution in [0.15, 0.2) is 0 Å². The van der Waals surface area contributed by atoms with E-state index < -0.39 is 12.1 Å². The number of aliphatic hydroxyl groups is 1. The van der Waals surface area contributed by atoms with Crippen molar-refractivity contribution in [2.24, 2.45) is 11.3 Å². The lowest BCUT2D eigenvalue weighted by Gasteiger charge is -2.36. The zero-order chi connectivity index (χ0) is 9.35. The number of aliphatic carboxylic acids is 1. The first-order chi connectivity index (χ1) is 5.41. The number of carboxylic acids is 1. The van der Waals surface area contributed by atoms with E-state index in [0.29, 0.717) is 12.8 Å². The summed E-state index contributed by atoms with van der Waals surface area (Å²) in [7, 11) is 0. The van der Waals surface area contributed by atoms with E-state index in [-0.39, 0.29) is 11.3 Å². The molecular weight excluding hydrogens is 156 g/mol. The fraction of sp³-hybridized carbons (Fsp3) is 0.889. The molecule has 1 saturated carbocycles. The molecule has 12 heavy (non-hydrogen) atoms. The van der Waals surface area contributed by atoms with Gasteiger partial charge in [0.15, 0.2) is 0 Å². The molecule has 2 atom stereocenters. The van der Waals surface area contributed by atoms with Gasteiger partial charge in [-0.25, -0.2) is 0 Å². The fourth-order valence-corrected chi connectivity index (χ4v) is 2.07. The first-order valence-corrected chi connectivity index (χ1v) is 4.31. The second kappa shape index (κ2) is 3.05. The van der Waals surface area contributed by atoms with Gasteiger partial charge in [0.2, 0.25) is 0 Å². The monoisotopic (exact) mass is 172 g/mol. The van der Waals surface area contributed by atoms with Crippen LogP contribution in [0.1, 0.15) is 33.1 Å². The van der Waals surface area contributed by atoms with Gasteiger partial charge in [-0.05, 0) is 24.7 Å². The van der Waals surface area contributed by atoms with Crippen molar-refractivity contribution in [2.45, 2.75) is 39.2 Å². The van der Waals surface area contributed by atoms with Crippen molar-refractivity contribution in [3.63, 3.8) is 0 Å². The van der Waals surface area contributed by atoms with Crippen molar-refractivity contribution in [1.29, 1.82) is 0 Å². The topological polar surface area (TPSA) is 57.5 Å². The van der Waals surface area contributed by atoms with E-state index in [1.807, 2.05) is 13.8 Å². The minimum atomic E-state index is -0.776. The molecule has 0 aromatic rings. The predicted octanol–water partition coefficient (Wildman–Crippen LogP) is 1.26. The van der Waals surface area contributed by atoms with Crippen molar-refractivity contribution in [2.75, 3.05) is 0 Å². The highest BCUT2D eigenvalue weighted by Crippen LogP contribution is 2.38. The van der Waals surface area contributed by atoms with Crippen LogP contribution in [0.4, 0.5) is 0 Å². The number of hydrogen-bond acceptors (Lipinski definition) is 2. The molecule has 1 aliphatic rings. The molecule has 2 N–H and O–H groups in total. The Kier molecular flexibility index (Phi) is 2.42. The van der Waals surface area contributed by atoms with Crippen LogP contribution in [-0.4, -0.2) is 22.3 Å². The smallest absolute Gasteiger partial charge is 0.306 e. The Labute approximate surface area is 72.4 Å². The Morgan fingerprint density at radius 3 is 2.42 bits per heavy atom. The Morgan fingerprint density at radius 1 is 1.42 bits per heavy atom. The second-order valence-electron chi connectivity index (χ2n) is 4.50. The maximum absolute atomic E-state index is 10.7. The fourth-order valence-electron chi connectivity index (χ4n) is 2.07. The van der Waals surface area contributed by atoms with Gasteiger partial charge in [0, 0.05) is 0 Å². The van der Waals surface area contributed by atoms with Gasteiger partial charge in [0.1, 0.15) is 0 Å². The normalized spacial score (nSPS) is 34.6. The number of carboxylic acid groups (broad SMARTS) is 1. The van der Waals surface area contributed by atoms with Gasteiger partial charge >= 0.3 is 5.97 Å². The molecule has 0 saturated heterocycles. The third kappa shape index (κ3) is 2.21. The summed E-state index contributed by atoms with van der Waals surface area (Å²) >= 11 is 0. The predicted molar refractivity (Wildman–Crippen MR) is 44.8 cm³/mol. The minimum Gasteiger partial charge on any atom is -0.481 e. The molecule has 0 aromatic carbocycles. The van der Waals surface area contributed by atoms with Gasteiger partial charge in [-0.2, -0.15) is 0 Å². The third-order valence-electron chi connectivity index (χ3n) is 2.49. The van der Waals surface area contributed by atoms with Crippen LogP contribution in [0.5, 0.6) is 0 Å². The molecule has 0 radical (unpaired) electrons. The molecule has 0 amide bonds. The van der Waals surface area contributed by atoms with Crippen molar-refractivity contribution in [1.82, 2.24) is 0 Å². The van der Waals surface area contributed by atoms with E-state index >= 15 is 0 Å². The lowest BCUT2D eigenvalue weighted by Crippen LogP contribution is -2.35. The van der Waals surface area contributed by atoms with E-state index in [2.05, 4.69) is 0 Å². The number of aliphatic hydroxyl groups excluding tert-OH is 1. The van der Waals surface area contributed by atoms with Gasteiger partial charge in [0.25, 0.3) is 0 Å². The number of hydrogen-bond donors (Lipinski definition) is 2.